The highest BCUT2D eigenvalue weighted by Crippen LogP contribution is 2.48. The Hall–Kier alpha value is -1.49. The summed E-state index contributed by atoms with van der Waals surface area (Å²) >= 11 is 0. The average molecular weight is 287 g/mol. The van der Waals surface area contributed by atoms with Crippen LogP contribution in [0.3, 0.4) is 0 Å². The standard InChI is InChI=1S/C6H6F7N2O3/c1-3(2,15(17)18)14(16)6(12,13)4(7,8)5(9,10)11/h1-2H3/q+1. The minimum atomic E-state index is -6.73. The maximum atomic E-state index is 12.8. The molecule has 5 nitrogen and oxygen atoms in total. The van der Waals surface area contributed by atoms with Crippen LogP contribution >= 0.6 is 0 Å². The van der Waals surface area contributed by atoms with Gasteiger partial charge in [0.25, 0.3) is 0 Å². The molecule has 0 spiro atoms. The first-order chi connectivity index (χ1) is 7.60. The Labute approximate surface area is 94.3 Å². The van der Waals surface area contributed by atoms with Crippen molar-refractivity contribution >= 4 is 0 Å². The number of nitroso groups, excluding NO2 is 1. The molecule has 0 radical (unpaired) electrons. The molecule has 0 aliphatic rings. The fraction of sp³-hybridized carbons (Fsp3) is 1.00. The molecule has 0 amide bonds. The monoisotopic (exact) mass is 287 g/mol. The highest BCUT2D eigenvalue weighted by atomic mass is 19.4. The van der Waals surface area contributed by atoms with Crippen molar-refractivity contribution in [1.29, 1.82) is 0 Å². The first-order valence-electron chi connectivity index (χ1n) is 4.04. The molecular weight excluding hydrogens is 281 g/mol. The summed E-state index contributed by atoms with van der Waals surface area (Å²) in [6.45, 7) is 0.334. The van der Waals surface area contributed by atoms with Crippen LogP contribution in [0.4, 0.5) is 30.7 Å². The van der Waals surface area contributed by atoms with Crippen molar-refractivity contribution in [2.75, 3.05) is 0 Å². The molecule has 0 aromatic rings. The van der Waals surface area contributed by atoms with Crippen LogP contribution in [-0.4, -0.2) is 33.5 Å². The van der Waals surface area contributed by atoms with Crippen LogP contribution in [0, 0.1) is 15.0 Å². The fourth-order valence-corrected chi connectivity index (χ4v) is 0.716. The molecule has 0 rings (SSSR count). The summed E-state index contributed by atoms with van der Waals surface area (Å²) in [6, 6.07) is -6.32. The molecule has 0 unspecified atom stereocenters. The quantitative estimate of drug-likeness (QED) is 0.199. The van der Waals surface area contributed by atoms with E-state index in [1.54, 1.807) is 0 Å². The Morgan fingerprint density at radius 2 is 1.22 bits per heavy atom. The second kappa shape index (κ2) is 4.02. The summed E-state index contributed by atoms with van der Waals surface area (Å²) in [6.07, 6.45) is -6.73. The third-order valence-corrected chi connectivity index (χ3v) is 1.93. The van der Waals surface area contributed by atoms with Gasteiger partial charge in [0.2, 0.25) is 0 Å². The summed E-state index contributed by atoms with van der Waals surface area (Å²) in [5.41, 5.74) is -3.36. The predicted molar refractivity (Wildman–Crippen MR) is 40.6 cm³/mol. The maximum absolute atomic E-state index is 12.8. The van der Waals surface area contributed by atoms with Crippen LogP contribution in [0.5, 0.6) is 0 Å². The molecule has 0 N–H and O–H groups in total. The second-order valence-electron chi connectivity index (χ2n) is 3.66. The van der Waals surface area contributed by atoms with E-state index in [0.717, 1.165) is 0 Å². The number of hydrogen-bond acceptors (Lipinski definition) is 3. The highest BCUT2D eigenvalue weighted by Gasteiger charge is 2.86. The summed E-state index contributed by atoms with van der Waals surface area (Å²) in [7, 11) is 0. The van der Waals surface area contributed by atoms with Gasteiger partial charge in [0, 0.05) is 4.91 Å². The van der Waals surface area contributed by atoms with E-state index >= 15 is 0 Å². The van der Waals surface area contributed by atoms with Crippen LogP contribution in [-0.2, 0) is 0 Å². The molecule has 0 heterocycles. The first-order valence-corrected chi connectivity index (χ1v) is 4.04. The van der Waals surface area contributed by atoms with Gasteiger partial charge in [-0.3, -0.25) is 10.1 Å². The minimum Gasteiger partial charge on any atom is -0.258 e. The molecule has 0 saturated carbocycles. The van der Waals surface area contributed by atoms with Crippen molar-refractivity contribution in [1.82, 2.24) is 0 Å². The van der Waals surface area contributed by atoms with Gasteiger partial charge < -0.3 is 0 Å². The van der Waals surface area contributed by atoms with Crippen LogP contribution in [0.2, 0.25) is 0 Å². The van der Waals surface area contributed by atoms with Crippen LogP contribution in [0.25, 0.3) is 0 Å². The number of halogens is 7. The minimum absolute atomic E-state index is 0.167. The molecule has 12 heteroatoms. The normalized spacial score (nSPS) is 14.5. The molecule has 0 fully saturated rings. The zero-order chi connectivity index (χ0) is 15.2. The molecule has 0 aliphatic carbocycles. The molecule has 0 bridgehead atoms. The Balaban J connectivity index is 5.69. The number of nitrogens with zero attached hydrogens (tertiary/aromatic N) is 2. The lowest BCUT2D eigenvalue weighted by Gasteiger charge is -2.23. The molecule has 18 heavy (non-hydrogen) atoms. The summed E-state index contributed by atoms with van der Waals surface area (Å²) in [4.78, 5) is 19.2. The third kappa shape index (κ3) is 2.22. The van der Waals surface area contributed by atoms with Gasteiger partial charge in [-0.1, -0.05) is 0 Å². The Morgan fingerprint density at radius 1 is 0.889 bits per heavy atom. The van der Waals surface area contributed by atoms with E-state index in [9.17, 15) is 45.8 Å². The van der Waals surface area contributed by atoms with Gasteiger partial charge in [-0.05, 0) is 0 Å². The topological polar surface area (TPSA) is 63.2 Å². The molecule has 0 aromatic heterocycles. The third-order valence-electron chi connectivity index (χ3n) is 1.93. The molecule has 0 aliphatic heterocycles. The molecule has 106 valence electrons. The van der Waals surface area contributed by atoms with Crippen molar-refractivity contribution in [3.05, 3.63) is 15.0 Å². The van der Waals surface area contributed by atoms with Gasteiger partial charge in [-0.2, -0.15) is 22.0 Å². The summed E-state index contributed by atoms with van der Waals surface area (Å²) in [5, 5.41) is 10.2. The van der Waals surface area contributed by atoms with E-state index in [2.05, 4.69) is 0 Å². The zero-order valence-corrected chi connectivity index (χ0v) is 8.76. The molecule has 0 saturated heterocycles. The van der Waals surface area contributed by atoms with Gasteiger partial charge in [-0.25, -0.2) is 0 Å². The largest absolute Gasteiger partial charge is 0.582 e. The molecule has 0 atom stereocenters. The van der Waals surface area contributed by atoms with Gasteiger partial charge in [0.1, 0.15) is 4.76 Å². The van der Waals surface area contributed by atoms with Gasteiger partial charge in [0.05, 0.1) is 18.8 Å². The molecular formula is C6H6F7N2O3+. The highest BCUT2D eigenvalue weighted by molar-refractivity contribution is 4.84. The Kier molecular flexibility index (Phi) is 3.68. The number of nitro groups is 1. The average Bonchev–Trinajstić information content (AvgIpc) is 2.13. The summed E-state index contributed by atoms with van der Waals surface area (Å²) < 4.78 is 83.4. The van der Waals surface area contributed by atoms with Crippen molar-refractivity contribution in [3.63, 3.8) is 0 Å². The number of hydrogen-bond donors (Lipinski definition) is 0. The van der Waals surface area contributed by atoms with Gasteiger partial charge in [0.15, 0.2) is 0 Å². The van der Waals surface area contributed by atoms with Crippen molar-refractivity contribution in [2.24, 2.45) is 0 Å². The lowest BCUT2D eigenvalue weighted by molar-refractivity contribution is -0.886. The zero-order valence-electron chi connectivity index (χ0n) is 8.76. The number of alkyl halides is 7. The number of rotatable bonds is 4. The Bertz CT molecular complexity index is 376. The van der Waals surface area contributed by atoms with Crippen LogP contribution < -0.4 is 0 Å². The summed E-state index contributed by atoms with van der Waals surface area (Å²) in [5.74, 6) is -6.73. The fourth-order valence-electron chi connectivity index (χ4n) is 0.716. The van der Waals surface area contributed by atoms with E-state index in [1.165, 1.54) is 0 Å². The maximum Gasteiger partial charge on any atom is 0.582 e. The van der Waals surface area contributed by atoms with E-state index in [0.29, 0.717) is 0 Å². The van der Waals surface area contributed by atoms with Crippen molar-refractivity contribution < 1.29 is 40.4 Å². The Morgan fingerprint density at radius 3 is 1.44 bits per heavy atom. The SMILES string of the molecule is CC(C)([N+](=O)[O-])[N+](=O)C(F)(F)C(F)(F)C(F)(F)F. The van der Waals surface area contributed by atoms with E-state index < -0.39 is 33.5 Å². The van der Waals surface area contributed by atoms with E-state index in [-0.39, 0.29) is 13.8 Å². The lowest BCUT2D eigenvalue weighted by Crippen LogP contribution is -2.62. The van der Waals surface area contributed by atoms with Gasteiger partial charge >= 0.3 is 23.8 Å². The van der Waals surface area contributed by atoms with Crippen molar-refractivity contribution in [2.45, 2.75) is 37.7 Å². The predicted octanol–water partition coefficient (Wildman–Crippen LogP) is 2.57. The van der Waals surface area contributed by atoms with Crippen LogP contribution in [0.1, 0.15) is 13.8 Å². The van der Waals surface area contributed by atoms with Crippen LogP contribution in [0.15, 0.2) is 0 Å². The van der Waals surface area contributed by atoms with E-state index in [4.69, 9.17) is 0 Å². The van der Waals surface area contributed by atoms with E-state index in [1.807, 2.05) is 0 Å². The molecule has 0 aromatic carbocycles. The second-order valence-corrected chi connectivity index (χ2v) is 3.66. The smallest absolute Gasteiger partial charge is 0.258 e. The van der Waals surface area contributed by atoms with Crippen molar-refractivity contribution in [3.8, 4) is 0 Å². The lowest BCUT2D eigenvalue weighted by atomic mass is 10.2. The van der Waals surface area contributed by atoms with Gasteiger partial charge in [-0.15, -0.1) is 8.78 Å². The first kappa shape index (κ1) is 16.5.